The van der Waals surface area contributed by atoms with E-state index in [1.165, 1.54) is 16.5 Å². The molecule has 0 saturated heterocycles. The van der Waals surface area contributed by atoms with Crippen LogP contribution in [0.2, 0.25) is 0 Å². The van der Waals surface area contributed by atoms with E-state index in [9.17, 15) is 0 Å². The van der Waals surface area contributed by atoms with Crippen molar-refractivity contribution in [3.63, 3.8) is 0 Å². The van der Waals surface area contributed by atoms with Crippen LogP contribution in [0.25, 0.3) is 10.9 Å². The van der Waals surface area contributed by atoms with Crippen LogP contribution in [0.15, 0.2) is 30.5 Å². The van der Waals surface area contributed by atoms with E-state index < -0.39 is 0 Å². The molecule has 0 saturated carbocycles. The molecule has 2 aromatic rings. The molecule has 2 heteroatoms. The Morgan fingerprint density at radius 1 is 1.22 bits per heavy atom. The zero-order chi connectivity index (χ0) is 13.2. The fourth-order valence-electron chi connectivity index (χ4n) is 2.21. The number of hydrogen-bond acceptors (Lipinski definition) is 1. The Kier molecular flexibility index (Phi) is 3.76. The van der Waals surface area contributed by atoms with Crippen molar-refractivity contribution in [3.05, 3.63) is 36.0 Å². The van der Waals surface area contributed by atoms with Crippen molar-refractivity contribution < 1.29 is 0 Å². The van der Waals surface area contributed by atoms with Crippen molar-refractivity contribution in [2.75, 3.05) is 6.54 Å². The van der Waals surface area contributed by atoms with E-state index in [1.54, 1.807) is 0 Å². The largest absolute Gasteiger partial charge is 0.346 e. The third-order valence-corrected chi connectivity index (χ3v) is 3.87. The van der Waals surface area contributed by atoms with Gasteiger partial charge in [0, 0.05) is 35.7 Å². The first-order chi connectivity index (χ1) is 8.53. The van der Waals surface area contributed by atoms with E-state index in [0.29, 0.717) is 0 Å². The highest BCUT2D eigenvalue weighted by atomic mass is 15.0. The molecular weight excluding hydrogens is 220 g/mol. The molecule has 0 spiro atoms. The SMILES string of the molecule is CCC(C)(C)NCCn1ccc2c(C)cccc21. The summed E-state index contributed by atoms with van der Waals surface area (Å²) in [5, 5.41) is 4.97. The van der Waals surface area contributed by atoms with Gasteiger partial charge < -0.3 is 9.88 Å². The molecule has 1 N–H and O–H groups in total. The third-order valence-electron chi connectivity index (χ3n) is 3.87. The summed E-state index contributed by atoms with van der Waals surface area (Å²) in [7, 11) is 0. The lowest BCUT2D eigenvalue weighted by Crippen LogP contribution is -2.40. The smallest absolute Gasteiger partial charge is 0.0483 e. The van der Waals surface area contributed by atoms with E-state index in [0.717, 1.165) is 19.5 Å². The summed E-state index contributed by atoms with van der Waals surface area (Å²) >= 11 is 0. The van der Waals surface area contributed by atoms with E-state index in [2.05, 4.69) is 68.0 Å². The van der Waals surface area contributed by atoms with Crippen LogP contribution >= 0.6 is 0 Å². The predicted molar refractivity (Wildman–Crippen MR) is 79.0 cm³/mol. The van der Waals surface area contributed by atoms with Gasteiger partial charge in [-0.1, -0.05) is 19.1 Å². The fraction of sp³-hybridized carbons (Fsp3) is 0.500. The Balaban J connectivity index is 2.07. The van der Waals surface area contributed by atoms with Gasteiger partial charge in [-0.15, -0.1) is 0 Å². The van der Waals surface area contributed by atoms with Crippen LogP contribution in [0.4, 0.5) is 0 Å². The Bertz CT molecular complexity index is 523. The highest BCUT2D eigenvalue weighted by molar-refractivity contribution is 5.83. The highest BCUT2D eigenvalue weighted by Gasteiger charge is 2.13. The number of nitrogens with one attached hydrogen (secondary N) is 1. The lowest BCUT2D eigenvalue weighted by Gasteiger charge is -2.24. The number of aryl methyl sites for hydroxylation is 1. The van der Waals surface area contributed by atoms with Gasteiger partial charge in [0.25, 0.3) is 0 Å². The van der Waals surface area contributed by atoms with Gasteiger partial charge in [-0.2, -0.15) is 0 Å². The number of hydrogen-bond donors (Lipinski definition) is 1. The molecule has 0 amide bonds. The highest BCUT2D eigenvalue weighted by Crippen LogP contribution is 2.19. The second-order valence-corrected chi connectivity index (χ2v) is 5.68. The molecule has 2 rings (SSSR count). The van der Waals surface area contributed by atoms with Gasteiger partial charge in [0.05, 0.1) is 0 Å². The molecule has 98 valence electrons. The predicted octanol–water partition coefficient (Wildman–Crippen LogP) is 3.73. The Morgan fingerprint density at radius 3 is 2.72 bits per heavy atom. The number of benzene rings is 1. The maximum atomic E-state index is 3.61. The molecule has 1 aromatic heterocycles. The van der Waals surface area contributed by atoms with E-state index in [1.807, 2.05) is 0 Å². The number of aromatic nitrogens is 1. The quantitative estimate of drug-likeness (QED) is 0.848. The maximum Gasteiger partial charge on any atom is 0.0483 e. The van der Waals surface area contributed by atoms with Gasteiger partial charge in [-0.3, -0.25) is 0 Å². The molecule has 0 aliphatic heterocycles. The van der Waals surface area contributed by atoms with Crippen LogP contribution in [-0.4, -0.2) is 16.7 Å². The summed E-state index contributed by atoms with van der Waals surface area (Å²) < 4.78 is 2.33. The van der Waals surface area contributed by atoms with Crippen LogP contribution in [-0.2, 0) is 6.54 Å². The van der Waals surface area contributed by atoms with Gasteiger partial charge in [0.15, 0.2) is 0 Å². The molecule has 1 heterocycles. The summed E-state index contributed by atoms with van der Waals surface area (Å²) in [5.41, 5.74) is 2.93. The molecule has 1 aromatic carbocycles. The summed E-state index contributed by atoms with van der Waals surface area (Å²) in [6.45, 7) is 10.9. The molecule has 0 unspecified atom stereocenters. The van der Waals surface area contributed by atoms with E-state index in [4.69, 9.17) is 0 Å². The summed E-state index contributed by atoms with van der Waals surface area (Å²) in [4.78, 5) is 0. The molecule has 0 atom stereocenters. The van der Waals surface area contributed by atoms with Crippen molar-refractivity contribution >= 4 is 10.9 Å². The van der Waals surface area contributed by atoms with Crippen molar-refractivity contribution in [1.29, 1.82) is 0 Å². The van der Waals surface area contributed by atoms with Gasteiger partial charge >= 0.3 is 0 Å². The van der Waals surface area contributed by atoms with Crippen LogP contribution in [0.1, 0.15) is 32.8 Å². The molecule has 18 heavy (non-hydrogen) atoms. The van der Waals surface area contributed by atoms with Gasteiger partial charge in [0.2, 0.25) is 0 Å². The normalized spacial score (nSPS) is 12.2. The second-order valence-electron chi connectivity index (χ2n) is 5.68. The monoisotopic (exact) mass is 244 g/mol. The lowest BCUT2D eigenvalue weighted by atomic mass is 10.0. The number of fused-ring (bicyclic) bond motifs is 1. The van der Waals surface area contributed by atoms with Crippen LogP contribution in [0.3, 0.4) is 0 Å². The minimum Gasteiger partial charge on any atom is -0.346 e. The zero-order valence-electron chi connectivity index (χ0n) is 12.0. The lowest BCUT2D eigenvalue weighted by molar-refractivity contribution is 0.369. The van der Waals surface area contributed by atoms with Gasteiger partial charge in [0.1, 0.15) is 0 Å². The number of nitrogens with zero attached hydrogens (tertiary/aromatic N) is 1. The van der Waals surface area contributed by atoms with Gasteiger partial charge in [-0.05, 0) is 44.9 Å². The van der Waals surface area contributed by atoms with Crippen LogP contribution in [0.5, 0.6) is 0 Å². The molecule has 2 nitrogen and oxygen atoms in total. The summed E-state index contributed by atoms with van der Waals surface area (Å²) in [6, 6.07) is 8.73. The second kappa shape index (κ2) is 5.15. The van der Waals surface area contributed by atoms with Crippen molar-refractivity contribution in [2.24, 2.45) is 0 Å². The molecule has 0 aliphatic carbocycles. The molecular formula is C16H24N2. The Morgan fingerprint density at radius 2 is 2.00 bits per heavy atom. The first-order valence-electron chi connectivity index (χ1n) is 6.83. The van der Waals surface area contributed by atoms with E-state index >= 15 is 0 Å². The minimum atomic E-state index is 0.235. The zero-order valence-corrected chi connectivity index (χ0v) is 12.0. The third kappa shape index (κ3) is 2.75. The maximum absolute atomic E-state index is 3.61. The molecule has 0 aliphatic rings. The van der Waals surface area contributed by atoms with Crippen LogP contribution in [0, 0.1) is 6.92 Å². The van der Waals surface area contributed by atoms with Crippen molar-refractivity contribution in [2.45, 2.75) is 46.2 Å². The molecule has 0 bridgehead atoms. The summed E-state index contributed by atoms with van der Waals surface area (Å²) in [5.74, 6) is 0. The fourth-order valence-corrected chi connectivity index (χ4v) is 2.21. The summed E-state index contributed by atoms with van der Waals surface area (Å²) in [6.07, 6.45) is 3.34. The van der Waals surface area contributed by atoms with Crippen LogP contribution < -0.4 is 5.32 Å². The first kappa shape index (κ1) is 13.2. The van der Waals surface area contributed by atoms with E-state index in [-0.39, 0.29) is 5.54 Å². The average Bonchev–Trinajstić information content (AvgIpc) is 2.74. The first-order valence-corrected chi connectivity index (χ1v) is 6.83. The Hall–Kier alpha value is -1.28. The van der Waals surface area contributed by atoms with Crippen molar-refractivity contribution in [1.82, 2.24) is 9.88 Å². The average molecular weight is 244 g/mol. The van der Waals surface area contributed by atoms with Crippen molar-refractivity contribution in [3.8, 4) is 0 Å². The topological polar surface area (TPSA) is 17.0 Å². The number of rotatable bonds is 5. The minimum absolute atomic E-state index is 0.235. The van der Waals surface area contributed by atoms with Gasteiger partial charge in [-0.25, -0.2) is 0 Å². The Labute approximate surface area is 110 Å². The molecule has 0 fully saturated rings. The standard InChI is InChI=1S/C16H24N2/c1-5-16(3,4)17-10-12-18-11-9-14-13(2)7-6-8-15(14)18/h6-9,11,17H,5,10,12H2,1-4H3. The molecule has 0 radical (unpaired) electrons.